The van der Waals surface area contributed by atoms with Crippen LogP contribution >= 0.6 is 0 Å². The number of hydrogen-bond donors (Lipinski definition) is 1. The summed E-state index contributed by atoms with van der Waals surface area (Å²) < 4.78 is 43.4. The van der Waals surface area contributed by atoms with Crippen LogP contribution in [0.25, 0.3) is 0 Å². The number of hydrogen-bond acceptors (Lipinski definition) is 3. The lowest BCUT2D eigenvalue weighted by atomic mass is 10.1. The summed E-state index contributed by atoms with van der Waals surface area (Å²) >= 11 is 0. The van der Waals surface area contributed by atoms with E-state index in [1.165, 1.54) is 11.8 Å². The van der Waals surface area contributed by atoms with Gasteiger partial charge in [-0.15, -0.1) is 0 Å². The summed E-state index contributed by atoms with van der Waals surface area (Å²) in [5.41, 5.74) is 5.40. The number of morpholine rings is 1. The molecule has 0 aromatic carbocycles. The fourth-order valence-electron chi connectivity index (χ4n) is 1.94. The van der Waals surface area contributed by atoms with Crippen LogP contribution in [0, 0.1) is 0 Å². The van der Waals surface area contributed by atoms with E-state index >= 15 is 0 Å². The zero-order valence-electron chi connectivity index (χ0n) is 8.92. The van der Waals surface area contributed by atoms with Crippen LogP contribution in [0.3, 0.4) is 0 Å². The Bertz CT molecular complexity index is 208. The molecular formula is C9H17F3N2O. The Morgan fingerprint density at radius 2 is 2.07 bits per heavy atom. The van der Waals surface area contributed by atoms with Gasteiger partial charge in [0.1, 0.15) is 6.04 Å². The predicted octanol–water partition coefficient (Wildman–Crippen LogP) is 0.985. The summed E-state index contributed by atoms with van der Waals surface area (Å²) in [6.07, 6.45) is -4.44. The lowest BCUT2D eigenvalue weighted by Gasteiger charge is -2.39. The number of nitrogens with two attached hydrogens (primary N) is 1. The molecule has 15 heavy (non-hydrogen) atoms. The maximum atomic E-state index is 12.7. The lowest BCUT2D eigenvalue weighted by Crippen LogP contribution is -2.59. The van der Waals surface area contributed by atoms with Crippen LogP contribution in [0.4, 0.5) is 13.2 Å². The molecule has 0 aromatic heterocycles. The first kappa shape index (κ1) is 12.7. The molecule has 6 heteroatoms. The molecule has 0 spiro atoms. The summed E-state index contributed by atoms with van der Waals surface area (Å²) in [4.78, 5) is 1.36. The van der Waals surface area contributed by atoms with Gasteiger partial charge in [-0.25, -0.2) is 0 Å². The average molecular weight is 226 g/mol. The van der Waals surface area contributed by atoms with E-state index in [0.717, 1.165) is 0 Å². The summed E-state index contributed by atoms with van der Waals surface area (Å²) in [7, 11) is 0. The SMILES string of the molecule is CC1CN(C(C(C)N)C(F)(F)F)CCO1. The van der Waals surface area contributed by atoms with E-state index in [0.29, 0.717) is 6.61 Å². The molecule has 3 atom stereocenters. The second kappa shape index (κ2) is 4.67. The Hall–Kier alpha value is -0.330. The molecule has 0 radical (unpaired) electrons. The topological polar surface area (TPSA) is 38.5 Å². The van der Waals surface area contributed by atoms with Gasteiger partial charge in [0.05, 0.1) is 12.7 Å². The van der Waals surface area contributed by atoms with E-state index in [1.54, 1.807) is 6.92 Å². The highest BCUT2D eigenvalue weighted by Crippen LogP contribution is 2.27. The largest absolute Gasteiger partial charge is 0.405 e. The molecule has 1 aliphatic heterocycles. The molecule has 1 rings (SSSR count). The van der Waals surface area contributed by atoms with Crippen molar-refractivity contribution in [2.75, 3.05) is 19.7 Å². The van der Waals surface area contributed by atoms with Gasteiger partial charge in [0, 0.05) is 19.1 Å². The van der Waals surface area contributed by atoms with Crippen molar-refractivity contribution >= 4 is 0 Å². The first-order valence-electron chi connectivity index (χ1n) is 5.00. The molecule has 90 valence electrons. The molecule has 2 N–H and O–H groups in total. The molecule has 1 heterocycles. The number of rotatable bonds is 2. The van der Waals surface area contributed by atoms with Crippen LogP contribution in [0.2, 0.25) is 0 Å². The van der Waals surface area contributed by atoms with Crippen LogP contribution < -0.4 is 5.73 Å². The smallest absolute Gasteiger partial charge is 0.376 e. The van der Waals surface area contributed by atoms with Crippen molar-refractivity contribution < 1.29 is 17.9 Å². The third-order valence-electron chi connectivity index (χ3n) is 2.50. The van der Waals surface area contributed by atoms with Crippen LogP contribution in [-0.4, -0.2) is 49.0 Å². The minimum atomic E-state index is -4.27. The summed E-state index contributed by atoms with van der Waals surface area (Å²) in [6, 6.07) is -2.49. The Kier molecular flexibility index (Phi) is 3.97. The van der Waals surface area contributed by atoms with Gasteiger partial charge in [0.2, 0.25) is 0 Å². The Morgan fingerprint density at radius 1 is 1.47 bits per heavy atom. The minimum Gasteiger partial charge on any atom is -0.376 e. The van der Waals surface area contributed by atoms with Crippen LogP contribution in [0.1, 0.15) is 13.8 Å². The maximum Gasteiger partial charge on any atom is 0.405 e. The van der Waals surface area contributed by atoms with Crippen molar-refractivity contribution in [2.24, 2.45) is 5.73 Å². The van der Waals surface area contributed by atoms with Gasteiger partial charge in [0.25, 0.3) is 0 Å². The molecule has 0 bridgehead atoms. The van der Waals surface area contributed by atoms with Crippen LogP contribution in [0.15, 0.2) is 0 Å². The molecule has 0 saturated carbocycles. The van der Waals surface area contributed by atoms with E-state index in [1.807, 2.05) is 0 Å². The monoisotopic (exact) mass is 226 g/mol. The summed E-state index contributed by atoms with van der Waals surface area (Å²) in [5, 5.41) is 0. The van der Waals surface area contributed by atoms with E-state index in [9.17, 15) is 13.2 Å². The normalized spacial score (nSPS) is 28.8. The van der Waals surface area contributed by atoms with Gasteiger partial charge < -0.3 is 10.5 Å². The molecule has 0 amide bonds. The van der Waals surface area contributed by atoms with Gasteiger partial charge in [0.15, 0.2) is 0 Å². The van der Waals surface area contributed by atoms with E-state index in [4.69, 9.17) is 10.5 Å². The Morgan fingerprint density at radius 3 is 2.47 bits per heavy atom. The highest BCUT2D eigenvalue weighted by Gasteiger charge is 2.46. The van der Waals surface area contributed by atoms with Gasteiger partial charge in [-0.1, -0.05) is 0 Å². The van der Waals surface area contributed by atoms with E-state index in [-0.39, 0.29) is 19.2 Å². The first-order valence-corrected chi connectivity index (χ1v) is 5.00. The lowest BCUT2D eigenvalue weighted by molar-refractivity contribution is -0.200. The fraction of sp³-hybridized carbons (Fsp3) is 1.00. The second-order valence-corrected chi connectivity index (χ2v) is 4.02. The molecule has 0 aromatic rings. The molecule has 3 nitrogen and oxygen atoms in total. The summed E-state index contributed by atoms with van der Waals surface area (Å²) in [5.74, 6) is 0. The van der Waals surface area contributed by atoms with Gasteiger partial charge in [-0.3, -0.25) is 4.90 Å². The quantitative estimate of drug-likeness (QED) is 0.763. The zero-order chi connectivity index (χ0) is 11.6. The van der Waals surface area contributed by atoms with Crippen molar-refractivity contribution in [1.82, 2.24) is 4.90 Å². The maximum absolute atomic E-state index is 12.7. The third kappa shape index (κ3) is 3.32. The van der Waals surface area contributed by atoms with Gasteiger partial charge in [-0.2, -0.15) is 13.2 Å². The average Bonchev–Trinajstić information content (AvgIpc) is 1.99. The number of nitrogens with zero attached hydrogens (tertiary/aromatic N) is 1. The molecule has 0 aliphatic carbocycles. The second-order valence-electron chi connectivity index (χ2n) is 4.02. The van der Waals surface area contributed by atoms with Gasteiger partial charge >= 0.3 is 6.18 Å². The van der Waals surface area contributed by atoms with Crippen molar-refractivity contribution in [2.45, 2.75) is 38.2 Å². The predicted molar refractivity (Wildman–Crippen MR) is 50.5 cm³/mol. The number of halogens is 3. The highest BCUT2D eigenvalue weighted by atomic mass is 19.4. The van der Waals surface area contributed by atoms with Crippen LogP contribution in [-0.2, 0) is 4.74 Å². The standard InChI is InChI=1S/C9H17F3N2O/c1-6-5-14(3-4-15-6)8(7(2)13)9(10,11)12/h6-8H,3-5,13H2,1-2H3. The van der Waals surface area contributed by atoms with Crippen molar-refractivity contribution in [1.29, 1.82) is 0 Å². The molecule has 1 saturated heterocycles. The molecule has 1 fully saturated rings. The van der Waals surface area contributed by atoms with Crippen molar-refractivity contribution in [3.63, 3.8) is 0 Å². The molecule has 3 unspecified atom stereocenters. The molecular weight excluding hydrogens is 209 g/mol. The van der Waals surface area contributed by atoms with E-state index < -0.39 is 18.3 Å². The third-order valence-corrected chi connectivity index (χ3v) is 2.50. The van der Waals surface area contributed by atoms with Crippen LogP contribution in [0.5, 0.6) is 0 Å². The highest BCUT2D eigenvalue weighted by molar-refractivity contribution is 4.87. The number of alkyl halides is 3. The van der Waals surface area contributed by atoms with Crippen molar-refractivity contribution in [3.05, 3.63) is 0 Å². The Labute approximate surface area is 87.4 Å². The van der Waals surface area contributed by atoms with Gasteiger partial charge in [-0.05, 0) is 13.8 Å². The Balaban J connectivity index is 2.71. The zero-order valence-corrected chi connectivity index (χ0v) is 8.92. The fourth-order valence-corrected chi connectivity index (χ4v) is 1.94. The summed E-state index contributed by atoms with van der Waals surface area (Å²) in [6.45, 7) is 4.06. The first-order chi connectivity index (χ1) is 6.82. The molecule has 1 aliphatic rings. The van der Waals surface area contributed by atoms with E-state index in [2.05, 4.69) is 0 Å². The van der Waals surface area contributed by atoms with Crippen molar-refractivity contribution in [3.8, 4) is 0 Å². The number of ether oxygens (including phenoxy) is 1. The minimum absolute atomic E-state index is 0.164.